The molecule has 0 atom stereocenters. The van der Waals surface area contributed by atoms with Crippen LogP contribution in [0.3, 0.4) is 0 Å². The zero-order valence-corrected chi connectivity index (χ0v) is 14.4. The van der Waals surface area contributed by atoms with Gasteiger partial charge in [0.25, 0.3) is 10.0 Å². The van der Waals surface area contributed by atoms with E-state index in [4.69, 9.17) is 9.84 Å². The average molecular weight is 349 g/mol. The Labute approximate surface area is 141 Å². The summed E-state index contributed by atoms with van der Waals surface area (Å²) < 4.78 is 32.7. The molecule has 0 bridgehead atoms. The molecule has 128 valence electrons. The SMILES string of the molecule is COc1ccc(C(C)C)cc1NS(=O)(=O)c1ccc(C(=O)O)cc1. The summed E-state index contributed by atoms with van der Waals surface area (Å²) in [4.78, 5) is 10.8. The second kappa shape index (κ2) is 6.92. The summed E-state index contributed by atoms with van der Waals surface area (Å²) in [6.45, 7) is 4.01. The molecule has 0 aliphatic heterocycles. The summed E-state index contributed by atoms with van der Waals surface area (Å²) in [5.74, 6) is -0.475. The molecule has 0 saturated carbocycles. The number of carbonyl (C=O) groups is 1. The van der Waals surface area contributed by atoms with E-state index in [0.29, 0.717) is 11.4 Å². The Balaban J connectivity index is 2.38. The van der Waals surface area contributed by atoms with Gasteiger partial charge < -0.3 is 9.84 Å². The maximum atomic E-state index is 12.5. The number of hydrogen-bond acceptors (Lipinski definition) is 4. The third-order valence-electron chi connectivity index (χ3n) is 3.55. The van der Waals surface area contributed by atoms with E-state index in [0.717, 1.165) is 5.56 Å². The Bertz CT molecular complexity index is 842. The summed E-state index contributed by atoms with van der Waals surface area (Å²) in [6.07, 6.45) is 0. The highest BCUT2D eigenvalue weighted by Gasteiger charge is 2.18. The monoisotopic (exact) mass is 349 g/mol. The molecule has 0 fully saturated rings. The van der Waals surface area contributed by atoms with Gasteiger partial charge in [-0.05, 0) is 47.9 Å². The molecule has 24 heavy (non-hydrogen) atoms. The molecule has 2 aromatic rings. The van der Waals surface area contributed by atoms with Crippen molar-refractivity contribution in [3.8, 4) is 5.75 Å². The van der Waals surface area contributed by atoms with Gasteiger partial charge in [0.05, 0.1) is 23.3 Å². The van der Waals surface area contributed by atoms with Gasteiger partial charge in [-0.3, -0.25) is 4.72 Å². The van der Waals surface area contributed by atoms with Crippen LogP contribution in [-0.2, 0) is 10.0 Å². The van der Waals surface area contributed by atoms with Gasteiger partial charge in [0.2, 0.25) is 0 Å². The van der Waals surface area contributed by atoms with Crippen molar-refractivity contribution in [2.24, 2.45) is 0 Å². The predicted octanol–water partition coefficient (Wildman–Crippen LogP) is 3.32. The normalized spacial score (nSPS) is 11.3. The van der Waals surface area contributed by atoms with Crippen LogP contribution in [0.2, 0.25) is 0 Å². The molecule has 0 spiro atoms. The minimum absolute atomic E-state index is 0.0216. The van der Waals surface area contributed by atoms with E-state index in [1.54, 1.807) is 12.1 Å². The van der Waals surface area contributed by atoms with Crippen molar-refractivity contribution in [1.82, 2.24) is 0 Å². The number of carboxylic acids is 1. The number of nitrogens with one attached hydrogen (secondary N) is 1. The molecule has 2 aromatic carbocycles. The molecule has 6 nitrogen and oxygen atoms in total. The van der Waals surface area contributed by atoms with E-state index in [1.807, 2.05) is 19.9 Å². The Morgan fingerprint density at radius 3 is 2.25 bits per heavy atom. The lowest BCUT2D eigenvalue weighted by Crippen LogP contribution is -2.14. The fourth-order valence-electron chi connectivity index (χ4n) is 2.14. The molecule has 0 saturated heterocycles. The molecule has 0 aromatic heterocycles. The molecular formula is C17H19NO5S. The van der Waals surface area contributed by atoms with Crippen molar-refractivity contribution >= 4 is 21.7 Å². The van der Waals surface area contributed by atoms with E-state index in [9.17, 15) is 13.2 Å². The second-order valence-electron chi connectivity index (χ2n) is 5.55. The first-order chi connectivity index (χ1) is 11.2. The second-order valence-corrected chi connectivity index (χ2v) is 7.23. The van der Waals surface area contributed by atoms with Crippen LogP contribution in [0.15, 0.2) is 47.4 Å². The lowest BCUT2D eigenvalue weighted by molar-refractivity contribution is 0.0696. The number of carboxylic acid groups (broad SMARTS) is 1. The molecule has 0 unspecified atom stereocenters. The number of aromatic carboxylic acids is 1. The van der Waals surface area contributed by atoms with Crippen LogP contribution in [-0.4, -0.2) is 26.6 Å². The Hall–Kier alpha value is -2.54. The van der Waals surface area contributed by atoms with Crippen molar-refractivity contribution in [2.75, 3.05) is 11.8 Å². The van der Waals surface area contributed by atoms with Crippen LogP contribution in [0, 0.1) is 0 Å². The van der Waals surface area contributed by atoms with Gasteiger partial charge in [0.15, 0.2) is 0 Å². The zero-order chi connectivity index (χ0) is 17.9. The average Bonchev–Trinajstić information content (AvgIpc) is 2.54. The van der Waals surface area contributed by atoms with Crippen molar-refractivity contribution in [3.05, 3.63) is 53.6 Å². The first-order valence-electron chi connectivity index (χ1n) is 7.28. The smallest absolute Gasteiger partial charge is 0.335 e. The van der Waals surface area contributed by atoms with E-state index in [2.05, 4.69) is 4.72 Å². The number of methoxy groups -OCH3 is 1. The van der Waals surface area contributed by atoms with Crippen molar-refractivity contribution in [1.29, 1.82) is 0 Å². The summed E-state index contributed by atoms with van der Waals surface area (Å²) in [5.41, 5.74) is 1.33. The molecular weight excluding hydrogens is 330 g/mol. The van der Waals surface area contributed by atoms with Crippen molar-refractivity contribution in [2.45, 2.75) is 24.7 Å². The Kier molecular flexibility index (Phi) is 5.14. The number of rotatable bonds is 6. The van der Waals surface area contributed by atoms with Gasteiger partial charge in [-0.25, -0.2) is 13.2 Å². The zero-order valence-electron chi connectivity index (χ0n) is 13.6. The third-order valence-corrected chi connectivity index (χ3v) is 4.93. The maximum Gasteiger partial charge on any atom is 0.335 e. The minimum Gasteiger partial charge on any atom is -0.495 e. The highest BCUT2D eigenvalue weighted by Crippen LogP contribution is 2.30. The molecule has 0 aliphatic rings. The molecule has 0 aliphatic carbocycles. The largest absolute Gasteiger partial charge is 0.495 e. The lowest BCUT2D eigenvalue weighted by Gasteiger charge is -2.15. The van der Waals surface area contributed by atoms with Gasteiger partial charge >= 0.3 is 5.97 Å². The summed E-state index contributed by atoms with van der Waals surface area (Å²) in [7, 11) is -2.39. The van der Waals surface area contributed by atoms with Crippen LogP contribution in [0.25, 0.3) is 0 Å². The summed E-state index contributed by atoms with van der Waals surface area (Å²) in [6, 6.07) is 10.3. The number of hydrogen-bond donors (Lipinski definition) is 2. The van der Waals surface area contributed by atoms with Crippen LogP contribution >= 0.6 is 0 Å². The number of anilines is 1. The molecule has 2 rings (SSSR count). The topological polar surface area (TPSA) is 92.7 Å². The Morgan fingerprint density at radius 1 is 1.12 bits per heavy atom. The number of sulfonamides is 1. The van der Waals surface area contributed by atoms with Gasteiger partial charge in [0.1, 0.15) is 5.75 Å². The maximum absolute atomic E-state index is 12.5. The minimum atomic E-state index is -3.85. The van der Waals surface area contributed by atoms with Gasteiger partial charge in [-0.2, -0.15) is 0 Å². The van der Waals surface area contributed by atoms with Crippen molar-refractivity contribution < 1.29 is 23.1 Å². The van der Waals surface area contributed by atoms with Crippen LogP contribution in [0.1, 0.15) is 35.7 Å². The van der Waals surface area contributed by atoms with Crippen LogP contribution in [0.4, 0.5) is 5.69 Å². The highest BCUT2D eigenvalue weighted by molar-refractivity contribution is 7.92. The van der Waals surface area contributed by atoms with Gasteiger partial charge in [-0.15, -0.1) is 0 Å². The first kappa shape index (κ1) is 17.8. The van der Waals surface area contributed by atoms with E-state index < -0.39 is 16.0 Å². The standard InChI is InChI=1S/C17H19NO5S/c1-11(2)13-6-9-16(23-3)15(10-13)18-24(21,22)14-7-4-12(5-8-14)17(19)20/h4-11,18H,1-3H3,(H,19,20). The van der Waals surface area contributed by atoms with Crippen LogP contribution < -0.4 is 9.46 Å². The van der Waals surface area contributed by atoms with E-state index >= 15 is 0 Å². The molecule has 7 heteroatoms. The summed E-state index contributed by atoms with van der Waals surface area (Å²) >= 11 is 0. The quantitative estimate of drug-likeness (QED) is 0.834. The molecule has 0 radical (unpaired) electrons. The molecule has 0 amide bonds. The third kappa shape index (κ3) is 3.86. The van der Waals surface area contributed by atoms with E-state index in [-0.39, 0.29) is 16.4 Å². The predicted molar refractivity (Wildman–Crippen MR) is 91.3 cm³/mol. The first-order valence-corrected chi connectivity index (χ1v) is 8.77. The number of ether oxygens (including phenoxy) is 1. The molecule has 2 N–H and O–H groups in total. The van der Waals surface area contributed by atoms with Crippen molar-refractivity contribution in [3.63, 3.8) is 0 Å². The Morgan fingerprint density at radius 2 is 1.75 bits per heavy atom. The summed E-state index contributed by atoms with van der Waals surface area (Å²) in [5, 5.41) is 8.88. The highest BCUT2D eigenvalue weighted by atomic mass is 32.2. The van der Waals surface area contributed by atoms with Crippen LogP contribution in [0.5, 0.6) is 5.75 Å². The number of benzene rings is 2. The molecule has 0 heterocycles. The van der Waals surface area contributed by atoms with Gasteiger partial charge in [-0.1, -0.05) is 19.9 Å². The lowest BCUT2D eigenvalue weighted by atomic mass is 10.0. The van der Waals surface area contributed by atoms with Gasteiger partial charge in [0, 0.05) is 0 Å². The fourth-order valence-corrected chi connectivity index (χ4v) is 3.21. The van der Waals surface area contributed by atoms with E-state index in [1.165, 1.54) is 31.4 Å². The fraction of sp³-hybridized carbons (Fsp3) is 0.235.